The van der Waals surface area contributed by atoms with Crippen molar-refractivity contribution in [1.29, 1.82) is 0 Å². The maximum atomic E-state index is 7.96. The Balaban J connectivity index is 1.48. The normalized spacial score (nSPS) is 21.5. The first-order valence-corrected chi connectivity index (χ1v) is 7.48. The Morgan fingerprint density at radius 1 is 1.11 bits per heavy atom. The molecule has 2 heterocycles. The Morgan fingerprint density at radius 2 is 1.95 bits per heavy atom. The second kappa shape index (κ2) is 5.93. The lowest BCUT2D eigenvalue weighted by atomic mass is 10.2. The Labute approximate surface area is 118 Å². The van der Waals surface area contributed by atoms with E-state index in [4.69, 9.17) is 1.37 Å². The molecule has 0 bridgehead atoms. The molecule has 0 saturated carbocycles. The molecule has 1 aromatic carbocycles. The van der Waals surface area contributed by atoms with Crippen molar-refractivity contribution in [2.24, 2.45) is 0 Å². The van der Waals surface area contributed by atoms with Gasteiger partial charge in [-0.25, -0.2) is 0 Å². The highest BCUT2D eigenvalue weighted by Gasteiger charge is 2.18. The van der Waals surface area contributed by atoms with E-state index in [-0.39, 0.29) is 0 Å². The molecule has 1 fully saturated rings. The van der Waals surface area contributed by atoms with E-state index in [9.17, 15) is 0 Å². The molecular weight excluding hydrogens is 234 g/mol. The number of fused-ring (bicyclic) bond motifs is 1. The summed E-state index contributed by atoms with van der Waals surface area (Å²) in [6, 6.07) is 6.81. The lowest BCUT2D eigenvalue weighted by molar-refractivity contribution is 0.153. The molecule has 3 heteroatoms. The molecule has 0 radical (unpaired) electrons. The van der Waals surface area contributed by atoms with Crippen LogP contribution in [0.25, 0.3) is 0 Å². The lowest BCUT2D eigenvalue weighted by Crippen LogP contribution is -2.45. The number of nitrogens with zero attached hydrogens (tertiary/aromatic N) is 3. The average Bonchev–Trinajstić information content (AvgIpc) is 2.86. The molecular formula is C16H25N3. The van der Waals surface area contributed by atoms with Crippen LogP contribution in [0.4, 0.5) is 5.69 Å². The van der Waals surface area contributed by atoms with Crippen LogP contribution in [-0.4, -0.2) is 62.7 Å². The first kappa shape index (κ1) is 11.7. The third-order valence-corrected chi connectivity index (χ3v) is 4.39. The van der Waals surface area contributed by atoms with Crippen molar-refractivity contribution in [2.45, 2.75) is 12.8 Å². The summed E-state index contributed by atoms with van der Waals surface area (Å²) in [6.07, 6.45) is 2.27. The quantitative estimate of drug-likeness (QED) is 0.815. The van der Waals surface area contributed by atoms with Crippen molar-refractivity contribution in [3.63, 3.8) is 0 Å². The molecule has 104 valence electrons. The van der Waals surface area contributed by atoms with Gasteiger partial charge < -0.3 is 14.7 Å². The van der Waals surface area contributed by atoms with Crippen LogP contribution < -0.4 is 4.90 Å². The summed E-state index contributed by atoms with van der Waals surface area (Å²) in [4.78, 5) is 7.45. The minimum atomic E-state index is 0.712. The second-order valence-electron chi connectivity index (χ2n) is 5.77. The van der Waals surface area contributed by atoms with E-state index < -0.39 is 0 Å². The van der Waals surface area contributed by atoms with Crippen molar-refractivity contribution >= 4 is 5.69 Å². The number of hydrogen-bond donors (Lipinski definition) is 0. The molecule has 0 aromatic heterocycles. The van der Waals surface area contributed by atoms with Crippen LogP contribution in [0, 0.1) is 0 Å². The summed E-state index contributed by atoms with van der Waals surface area (Å²) in [5.41, 5.74) is 2.54. The van der Waals surface area contributed by atoms with E-state index in [0.29, 0.717) is 6.04 Å². The Morgan fingerprint density at radius 3 is 2.79 bits per heavy atom. The second-order valence-corrected chi connectivity index (χ2v) is 5.77. The molecule has 0 atom stereocenters. The van der Waals surface area contributed by atoms with Crippen LogP contribution >= 0.6 is 0 Å². The van der Waals surface area contributed by atoms with Crippen molar-refractivity contribution in [3.8, 4) is 0 Å². The highest BCUT2D eigenvalue weighted by Crippen LogP contribution is 2.27. The zero-order valence-corrected chi connectivity index (χ0v) is 11.9. The smallest absolute Gasteiger partial charge is 0.0626 e. The van der Waals surface area contributed by atoms with E-state index >= 15 is 0 Å². The van der Waals surface area contributed by atoms with E-state index in [1.54, 1.807) is 0 Å². The van der Waals surface area contributed by atoms with Crippen LogP contribution in [0.3, 0.4) is 0 Å². The van der Waals surface area contributed by atoms with Gasteiger partial charge in [-0.15, -0.1) is 0 Å². The van der Waals surface area contributed by atoms with Crippen LogP contribution in [0.2, 0.25) is 0 Å². The van der Waals surface area contributed by atoms with E-state index in [1.807, 2.05) is 12.1 Å². The molecule has 0 N–H and O–H groups in total. The van der Waals surface area contributed by atoms with Crippen LogP contribution in [0.15, 0.2) is 24.2 Å². The molecule has 1 saturated heterocycles. The fourth-order valence-electron chi connectivity index (χ4n) is 3.12. The molecule has 3 nitrogen and oxygen atoms in total. The number of rotatable bonds is 4. The Hall–Kier alpha value is -1.06. The van der Waals surface area contributed by atoms with Gasteiger partial charge in [-0.3, -0.25) is 0 Å². The topological polar surface area (TPSA) is 9.72 Å². The van der Waals surface area contributed by atoms with Gasteiger partial charge in [0, 0.05) is 45.0 Å². The molecule has 0 unspecified atom stereocenters. The van der Waals surface area contributed by atoms with Gasteiger partial charge in [0.2, 0.25) is 0 Å². The first-order valence-electron chi connectivity index (χ1n) is 7.98. The minimum Gasteiger partial charge on any atom is -0.371 e. The molecule has 2 aliphatic heterocycles. The lowest BCUT2D eigenvalue weighted by Gasteiger charge is -2.32. The third-order valence-electron chi connectivity index (χ3n) is 4.39. The Bertz CT molecular complexity index is 455. The fourth-order valence-corrected chi connectivity index (χ4v) is 3.12. The number of piperazine rings is 1. The summed E-state index contributed by atoms with van der Waals surface area (Å²) >= 11 is 0. The minimum absolute atomic E-state index is 0.712. The largest absolute Gasteiger partial charge is 0.371 e. The molecule has 0 amide bonds. The SMILES string of the molecule is [2H]c1cccc2c1CCN2CCCN1CCN(C)CC1. The molecule has 0 spiro atoms. The van der Waals surface area contributed by atoms with Crippen molar-refractivity contribution < 1.29 is 1.37 Å². The number of anilines is 1. The van der Waals surface area contributed by atoms with Gasteiger partial charge >= 0.3 is 0 Å². The van der Waals surface area contributed by atoms with E-state index in [1.165, 1.54) is 50.4 Å². The standard InChI is InChI=1S/C16H25N3/c1-17-11-13-18(14-12-17)8-4-9-19-10-7-15-5-2-3-6-16(15)19/h2-3,5-6H,4,7-14H2,1H3/i5D. The van der Waals surface area contributed by atoms with Gasteiger partial charge in [0.1, 0.15) is 0 Å². The number of para-hydroxylation sites is 1. The molecule has 19 heavy (non-hydrogen) atoms. The predicted octanol–water partition coefficient (Wildman–Crippen LogP) is 1.69. The maximum Gasteiger partial charge on any atom is 0.0626 e. The summed E-state index contributed by atoms with van der Waals surface area (Å²) < 4.78 is 7.96. The highest BCUT2D eigenvalue weighted by molar-refractivity contribution is 5.57. The Kier molecular flexibility index (Phi) is 3.66. The van der Waals surface area contributed by atoms with Gasteiger partial charge in [0.05, 0.1) is 1.37 Å². The van der Waals surface area contributed by atoms with Crippen LogP contribution in [0.1, 0.15) is 13.4 Å². The maximum absolute atomic E-state index is 7.96. The number of hydrogen-bond acceptors (Lipinski definition) is 3. The zero-order valence-electron chi connectivity index (χ0n) is 12.9. The summed E-state index contributed by atoms with van der Waals surface area (Å²) in [5, 5.41) is 0. The summed E-state index contributed by atoms with van der Waals surface area (Å²) in [5.74, 6) is 0. The van der Waals surface area contributed by atoms with Gasteiger partial charge in [-0.2, -0.15) is 0 Å². The predicted molar refractivity (Wildman–Crippen MR) is 80.9 cm³/mol. The average molecular weight is 260 g/mol. The van der Waals surface area contributed by atoms with E-state index in [2.05, 4.69) is 27.8 Å². The molecule has 1 aromatic rings. The van der Waals surface area contributed by atoms with Gasteiger partial charge in [0.25, 0.3) is 0 Å². The fraction of sp³-hybridized carbons (Fsp3) is 0.625. The third kappa shape index (κ3) is 3.10. The van der Waals surface area contributed by atoms with Crippen molar-refractivity contribution in [2.75, 3.05) is 57.8 Å². The van der Waals surface area contributed by atoms with E-state index in [0.717, 1.165) is 19.5 Å². The molecule has 2 aliphatic rings. The van der Waals surface area contributed by atoms with Gasteiger partial charge in [-0.1, -0.05) is 18.2 Å². The number of benzene rings is 1. The van der Waals surface area contributed by atoms with Crippen LogP contribution in [-0.2, 0) is 6.42 Å². The molecule has 3 rings (SSSR count). The summed E-state index contributed by atoms with van der Waals surface area (Å²) in [7, 11) is 2.21. The zero-order chi connectivity index (χ0) is 13.9. The highest BCUT2D eigenvalue weighted by atomic mass is 15.2. The van der Waals surface area contributed by atoms with Crippen LogP contribution in [0.5, 0.6) is 0 Å². The van der Waals surface area contributed by atoms with Gasteiger partial charge in [0.15, 0.2) is 0 Å². The number of likely N-dealkylation sites (N-methyl/N-ethyl adjacent to an activating group) is 1. The van der Waals surface area contributed by atoms with Crippen molar-refractivity contribution in [1.82, 2.24) is 9.80 Å². The first-order chi connectivity index (χ1) is 9.74. The monoisotopic (exact) mass is 260 g/mol. The summed E-state index contributed by atoms with van der Waals surface area (Å²) in [6.45, 7) is 8.26. The van der Waals surface area contributed by atoms with Gasteiger partial charge in [-0.05, 0) is 38.1 Å². The molecule has 0 aliphatic carbocycles. The van der Waals surface area contributed by atoms with Crippen molar-refractivity contribution in [3.05, 3.63) is 29.8 Å².